The number of benzene rings is 2. The van der Waals surface area contributed by atoms with Crippen LogP contribution in [0.3, 0.4) is 0 Å². The number of nitriles is 2. The lowest BCUT2D eigenvalue weighted by Crippen LogP contribution is -2.30. The molecule has 30 heavy (non-hydrogen) atoms. The average molecular weight is 400 g/mol. The van der Waals surface area contributed by atoms with Crippen LogP contribution >= 0.6 is 0 Å². The van der Waals surface area contributed by atoms with Gasteiger partial charge in [0.15, 0.2) is 5.69 Å². The van der Waals surface area contributed by atoms with Gasteiger partial charge >= 0.3 is 0 Å². The highest BCUT2D eigenvalue weighted by Crippen LogP contribution is 2.27. The number of nitrogens with zero attached hydrogens (tertiary/aromatic N) is 5. The molecule has 0 bridgehead atoms. The summed E-state index contributed by atoms with van der Waals surface area (Å²) in [5, 5.41) is 25.3. The van der Waals surface area contributed by atoms with E-state index in [1.807, 2.05) is 12.1 Å². The normalized spacial score (nSPS) is 12.9. The first-order valence-electron chi connectivity index (χ1n) is 8.86. The SMILES string of the molecule is N#Cc1cc(F)cc(-c2cc(C(=O)N3CNC(=O)C3)nn2-c2cccc(C#N)c2)c1. The zero-order valence-corrected chi connectivity index (χ0v) is 15.5. The zero-order valence-electron chi connectivity index (χ0n) is 15.5. The molecule has 1 aliphatic rings. The summed E-state index contributed by atoms with van der Waals surface area (Å²) in [6.45, 7) is -0.00812. The third-order valence-electron chi connectivity index (χ3n) is 4.56. The molecule has 1 fully saturated rings. The Morgan fingerprint density at radius 1 is 1.10 bits per heavy atom. The lowest BCUT2D eigenvalue weighted by atomic mass is 10.1. The minimum absolute atomic E-state index is 0.0478. The van der Waals surface area contributed by atoms with E-state index in [0.29, 0.717) is 22.5 Å². The van der Waals surface area contributed by atoms with E-state index in [-0.39, 0.29) is 30.4 Å². The molecule has 0 aliphatic carbocycles. The second kappa shape index (κ2) is 7.49. The van der Waals surface area contributed by atoms with Crippen LogP contribution in [0.5, 0.6) is 0 Å². The molecule has 2 aromatic carbocycles. The molecule has 0 radical (unpaired) electrons. The summed E-state index contributed by atoms with van der Waals surface area (Å²) >= 11 is 0. The lowest BCUT2D eigenvalue weighted by Gasteiger charge is -2.10. The summed E-state index contributed by atoms with van der Waals surface area (Å²) in [5.74, 6) is -1.35. The molecule has 8 nitrogen and oxygen atoms in total. The van der Waals surface area contributed by atoms with Crippen molar-refractivity contribution in [2.24, 2.45) is 0 Å². The third-order valence-corrected chi connectivity index (χ3v) is 4.56. The number of rotatable bonds is 3. The van der Waals surface area contributed by atoms with Crippen molar-refractivity contribution in [1.29, 1.82) is 10.5 Å². The Hall–Kier alpha value is -4.50. The van der Waals surface area contributed by atoms with Crippen LogP contribution < -0.4 is 5.32 Å². The van der Waals surface area contributed by atoms with E-state index >= 15 is 0 Å². The Morgan fingerprint density at radius 2 is 1.90 bits per heavy atom. The van der Waals surface area contributed by atoms with Gasteiger partial charge in [0.05, 0.1) is 41.3 Å². The molecule has 4 rings (SSSR count). The van der Waals surface area contributed by atoms with E-state index < -0.39 is 11.7 Å². The van der Waals surface area contributed by atoms with E-state index in [2.05, 4.69) is 10.4 Å². The van der Waals surface area contributed by atoms with Crippen LogP contribution in [0.25, 0.3) is 16.9 Å². The molecule has 0 saturated carbocycles. The zero-order chi connectivity index (χ0) is 21.3. The molecule has 1 aromatic heterocycles. The van der Waals surface area contributed by atoms with Gasteiger partial charge in [0.2, 0.25) is 5.91 Å². The molecule has 2 amide bonds. The monoisotopic (exact) mass is 400 g/mol. The first kappa shape index (κ1) is 18.8. The summed E-state index contributed by atoms with van der Waals surface area (Å²) in [5.41, 5.74) is 1.74. The predicted molar refractivity (Wildman–Crippen MR) is 102 cm³/mol. The number of amides is 2. The van der Waals surface area contributed by atoms with Gasteiger partial charge in [-0.1, -0.05) is 6.07 Å². The fourth-order valence-corrected chi connectivity index (χ4v) is 3.17. The van der Waals surface area contributed by atoms with Gasteiger partial charge in [-0.2, -0.15) is 15.6 Å². The molecule has 1 saturated heterocycles. The van der Waals surface area contributed by atoms with Crippen LogP contribution in [0.2, 0.25) is 0 Å². The third kappa shape index (κ3) is 3.48. The van der Waals surface area contributed by atoms with Crippen molar-refractivity contribution in [3.05, 3.63) is 71.2 Å². The largest absolute Gasteiger partial charge is 0.337 e. The van der Waals surface area contributed by atoms with Gasteiger partial charge in [0.25, 0.3) is 5.91 Å². The Labute approximate surface area is 170 Å². The number of carbonyl (C=O) groups is 2. The van der Waals surface area contributed by atoms with E-state index in [0.717, 1.165) is 6.07 Å². The van der Waals surface area contributed by atoms with Gasteiger partial charge in [0, 0.05) is 5.56 Å². The van der Waals surface area contributed by atoms with Crippen molar-refractivity contribution in [3.63, 3.8) is 0 Å². The number of carbonyl (C=O) groups excluding carboxylic acids is 2. The highest BCUT2D eigenvalue weighted by molar-refractivity contribution is 5.97. The molecule has 9 heteroatoms. The number of hydrogen-bond acceptors (Lipinski definition) is 5. The summed E-state index contributed by atoms with van der Waals surface area (Å²) in [7, 11) is 0. The highest BCUT2D eigenvalue weighted by atomic mass is 19.1. The van der Waals surface area contributed by atoms with Crippen LogP contribution in [-0.2, 0) is 4.79 Å². The summed E-state index contributed by atoms with van der Waals surface area (Å²) < 4.78 is 15.5. The molecule has 1 N–H and O–H groups in total. The molecule has 3 aromatic rings. The topological polar surface area (TPSA) is 115 Å². The number of halogens is 1. The van der Waals surface area contributed by atoms with Crippen LogP contribution in [0.15, 0.2) is 48.5 Å². The van der Waals surface area contributed by atoms with Crippen LogP contribution in [0.4, 0.5) is 4.39 Å². The molecule has 1 aliphatic heterocycles. The first-order chi connectivity index (χ1) is 14.5. The van der Waals surface area contributed by atoms with Crippen molar-refractivity contribution in [2.75, 3.05) is 13.2 Å². The van der Waals surface area contributed by atoms with Crippen molar-refractivity contribution in [3.8, 4) is 29.1 Å². The van der Waals surface area contributed by atoms with E-state index in [1.54, 1.807) is 24.3 Å². The molecular formula is C21H13FN6O2. The minimum atomic E-state index is -0.607. The Kier molecular flexibility index (Phi) is 4.71. The van der Waals surface area contributed by atoms with Gasteiger partial charge in [-0.15, -0.1) is 0 Å². The highest BCUT2D eigenvalue weighted by Gasteiger charge is 2.27. The second-order valence-corrected chi connectivity index (χ2v) is 6.59. The number of hydrogen-bond donors (Lipinski definition) is 1. The molecule has 2 heterocycles. The van der Waals surface area contributed by atoms with E-state index in [4.69, 9.17) is 0 Å². The van der Waals surface area contributed by atoms with E-state index in [1.165, 1.54) is 27.8 Å². The van der Waals surface area contributed by atoms with Crippen LogP contribution in [0.1, 0.15) is 21.6 Å². The Bertz CT molecular complexity index is 1270. The molecule has 0 unspecified atom stereocenters. The van der Waals surface area contributed by atoms with Gasteiger partial charge in [-0.25, -0.2) is 9.07 Å². The predicted octanol–water partition coefficient (Wildman–Crippen LogP) is 1.95. The van der Waals surface area contributed by atoms with Gasteiger partial charge in [-0.05, 0) is 42.5 Å². The Morgan fingerprint density at radius 3 is 2.60 bits per heavy atom. The Balaban J connectivity index is 1.87. The van der Waals surface area contributed by atoms with Gasteiger partial charge in [-0.3, -0.25) is 9.59 Å². The molecule has 0 atom stereocenters. The fraction of sp³-hybridized carbons (Fsp3) is 0.0952. The fourth-order valence-electron chi connectivity index (χ4n) is 3.17. The average Bonchev–Trinajstić information content (AvgIpc) is 3.39. The van der Waals surface area contributed by atoms with Crippen LogP contribution in [0, 0.1) is 28.5 Å². The lowest BCUT2D eigenvalue weighted by molar-refractivity contribution is -0.118. The summed E-state index contributed by atoms with van der Waals surface area (Å²) in [6, 6.07) is 15.8. The molecular weight excluding hydrogens is 387 g/mol. The van der Waals surface area contributed by atoms with Crippen molar-refractivity contribution < 1.29 is 14.0 Å². The maximum atomic E-state index is 14.1. The first-order valence-corrected chi connectivity index (χ1v) is 8.86. The van der Waals surface area contributed by atoms with Crippen molar-refractivity contribution >= 4 is 11.8 Å². The molecule has 146 valence electrons. The standard InChI is InChI=1S/C21H13FN6O2/c22-16-5-14(10-24)4-15(7-16)19-8-18(21(30)27-11-20(29)25-12-27)26-28(19)17-3-1-2-13(6-17)9-23/h1-8H,11-12H2,(H,25,29). The quantitative estimate of drug-likeness (QED) is 0.722. The van der Waals surface area contributed by atoms with Crippen LogP contribution in [-0.4, -0.2) is 39.7 Å². The van der Waals surface area contributed by atoms with Crippen molar-refractivity contribution in [1.82, 2.24) is 20.0 Å². The number of aromatic nitrogens is 2. The molecule has 0 spiro atoms. The summed E-state index contributed by atoms with van der Waals surface area (Å²) in [4.78, 5) is 25.6. The maximum Gasteiger partial charge on any atom is 0.276 e. The summed E-state index contributed by atoms with van der Waals surface area (Å²) in [6.07, 6.45) is 0. The van der Waals surface area contributed by atoms with Crippen molar-refractivity contribution in [2.45, 2.75) is 0 Å². The number of nitrogens with one attached hydrogen (secondary N) is 1. The van der Waals surface area contributed by atoms with Gasteiger partial charge < -0.3 is 10.2 Å². The maximum absolute atomic E-state index is 14.1. The smallest absolute Gasteiger partial charge is 0.276 e. The second-order valence-electron chi connectivity index (χ2n) is 6.59. The van der Waals surface area contributed by atoms with E-state index in [9.17, 15) is 24.5 Å². The van der Waals surface area contributed by atoms with Gasteiger partial charge in [0.1, 0.15) is 12.4 Å². The minimum Gasteiger partial charge on any atom is -0.337 e.